The van der Waals surface area contributed by atoms with Gasteiger partial charge in [0.05, 0.1) is 22.7 Å². The highest BCUT2D eigenvalue weighted by Crippen LogP contribution is 2.40. The minimum absolute atomic E-state index is 0.127. The van der Waals surface area contributed by atoms with E-state index in [1.165, 1.54) is 0 Å². The molecule has 0 bridgehead atoms. The predicted molar refractivity (Wildman–Crippen MR) is 103 cm³/mol. The van der Waals surface area contributed by atoms with E-state index in [9.17, 15) is 4.79 Å². The number of imidazole rings is 1. The molecule has 0 fully saturated rings. The summed E-state index contributed by atoms with van der Waals surface area (Å²) in [6, 6.07) is 9.25. The van der Waals surface area contributed by atoms with Crippen LogP contribution in [-0.2, 0) is 0 Å². The number of nitrogens with zero attached hydrogens (tertiary/aromatic N) is 3. The normalized spacial score (nSPS) is 12.8. The monoisotopic (exact) mass is 382 g/mol. The maximum absolute atomic E-state index is 12.3. The molecule has 1 N–H and O–H groups in total. The van der Waals surface area contributed by atoms with Gasteiger partial charge in [-0.25, -0.2) is 9.98 Å². The van der Waals surface area contributed by atoms with E-state index < -0.39 is 0 Å². The fourth-order valence-electron chi connectivity index (χ4n) is 2.74. The lowest BCUT2D eigenvalue weighted by Crippen LogP contribution is -2.06. The number of benzene rings is 1. The number of aromatic nitrogens is 3. The van der Waals surface area contributed by atoms with Crippen molar-refractivity contribution < 1.29 is 4.79 Å². The molecule has 7 heteroatoms. The molecule has 0 radical (unpaired) electrons. The smallest absolute Gasteiger partial charge is 0.162 e. The van der Waals surface area contributed by atoms with Gasteiger partial charge in [-0.05, 0) is 30.7 Å². The number of pyridine rings is 1. The van der Waals surface area contributed by atoms with Gasteiger partial charge in [0.1, 0.15) is 16.4 Å². The van der Waals surface area contributed by atoms with E-state index in [1.807, 2.05) is 31.2 Å². The second-order valence-corrected chi connectivity index (χ2v) is 7.35. The van der Waals surface area contributed by atoms with Crippen molar-refractivity contribution in [3.05, 3.63) is 64.8 Å². The van der Waals surface area contributed by atoms with E-state index in [0.717, 1.165) is 27.7 Å². The summed E-state index contributed by atoms with van der Waals surface area (Å²) in [5, 5.41) is 1.46. The zero-order valence-electron chi connectivity index (χ0n) is 14.0. The van der Waals surface area contributed by atoms with E-state index in [0.29, 0.717) is 28.4 Å². The van der Waals surface area contributed by atoms with Gasteiger partial charge in [-0.3, -0.25) is 9.78 Å². The van der Waals surface area contributed by atoms with Gasteiger partial charge < -0.3 is 4.98 Å². The first kappa shape index (κ1) is 17.0. The van der Waals surface area contributed by atoms with Crippen LogP contribution in [0, 0.1) is 0 Å². The average Bonchev–Trinajstić information content (AvgIpc) is 3.04. The van der Waals surface area contributed by atoms with Crippen molar-refractivity contribution in [2.45, 2.75) is 29.7 Å². The van der Waals surface area contributed by atoms with Crippen LogP contribution >= 0.6 is 23.4 Å². The number of hydrogen-bond acceptors (Lipinski definition) is 5. The summed E-state index contributed by atoms with van der Waals surface area (Å²) in [4.78, 5) is 30.0. The number of carbonyl (C=O) groups excluding carboxylic acids is 1. The molecule has 0 unspecified atom stereocenters. The standard InChI is InChI=1S/C19H15ClN4OS/c1-2-3-15(25)11-4-7-16-14(8-11)24-17(13-6-5-12(20)9-21-13)18-19(26-16)23-10-22-18/h4-10H,2-3H2,1H3,(H,22,23). The predicted octanol–water partition coefficient (Wildman–Crippen LogP) is 5.07. The average molecular weight is 383 g/mol. The number of H-pyrrole nitrogens is 1. The zero-order chi connectivity index (χ0) is 18.1. The fourth-order valence-corrected chi connectivity index (χ4v) is 3.78. The number of halogens is 1. The summed E-state index contributed by atoms with van der Waals surface area (Å²) in [6.07, 6.45) is 4.59. The highest BCUT2D eigenvalue weighted by molar-refractivity contribution is 7.99. The van der Waals surface area contributed by atoms with Crippen LogP contribution in [0.5, 0.6) is 0 Å². The summed E-state index contributed by atoms with van der Waals surface area (Å²) in [7, 11) is 0. The quantitative estimate of drug-likeness (QED) is 0.500. The molecule has 0 saturated heterocycles. The summed E-state index contributed by atoms with van der Waals surface area (Å²) in [6.45, 7) is 2.00. The topological polar surface area (TPSA) is 71.0 Å². The molecular formula is C19H15ClN4OS. The minimum atomic E-state index is 0.127. The molecule has 1 aliphatic rings. The van der Waals surface area contributed by atoms with E-state index in [-0.39, 0.29) is 5.78 Å². The minimum Gasteiger partial charge on any atom is -0.339 e. The van der Waals surface area contributed by atoms with Crippen molar-refractivity contribution >= 4 is 40.5 Å². The number of aromatic amines is 1. The van der Waals surface area contributed by atoms with Gasteiger partial charge in [-0.1, -0.05) is 36.4 Å². The first-order valence-electron chi connectivity index (χ1n) is 8.25. The summed E-state index contributed by atoms with van der Waals surface area (Å²) < 4.78 is 0. The third kappa shape index (κ3) is 3.18. The summed E-state index contributed by atoms with van der Waals surface area (Å²) >= 11 is 7.51. The van der Waals surface area contributed by atoms with Crippen molar-refractivity contribution in [3.63, 3.8) is 0 Å². The van der Waals surface area contributed by atoms with E-state index in [1.54, 1.807) is 30.4 Å². The molecule has 0 saturated carbocycles. The fraction of sp³-hybridized carbons (Fsp3) is 0.158. The molecule has 0 spiro atoms. The number of fused-ring (bicyclic) bond motifs is 2. The van der Waals surface area contributed by atoms with Crippen LogP contribution in [0.4, 0.5) is 5.69 Å². The van der Waals surface area contributed by atoms with Crippen LogP contribution in [0.25, 0.3) is 0 Å². The Morgan fingerprint density at radius 1 is 1.23 bits per heavy atom. The molecule has 4 rings (SSSR count). The number of rotatable bonds is 4. The molecule has 130 valence electrons. The van der Waals surface area contributed by atoms with Crippen LogP contribution < -0.4 is 0 Å². The molecule has 3 heterocycles. The number of nitrogens with one attached hydrogen (secondary N) is 1. The highest BCUT2D eigenvalue weighted by atomic mass is 35.5. The summed E-state index contributed by atoms with van der Waals surface area (Å²) in [5.41, 5.74) is 3.50. The van der Waals surface area contributed by atoms with Gasteiger partial charge in [0.15, 0.2) is 5.78 Å². The van der Waals surface area contributed by atoms with Gasteiger partial charge in [-0.2, -0.15) is 0 Å². The number of aliphatic imine (C=N–C) groups is 1. The van der Waals surface area contributed by atoms with Crippen molar-refractivity contribution in [3.8, 4) is 0 Å². The molecule has 1 aliphatic heterocycles. The van der Waals surface area contributed by atoms with E-state index >= 15 is 0 Å². The van der Waals surface area contributed by atoms with Crippen molar-refractivity contribution in [2.24, 2.45) is 4.99 Å². The van der Waals surface area contributed by atoms with E-state index in [4.69, 9.17) is 16.6 Å². The number of hydrogen-bond donors (Lipinski definition) is 1. The van der Waals surface area contributed by atoms with Gasteiger partial charge >= 0.3 is 0 Å². The Balaban J connectivity index is 1.86. The van der Waals surface area contributed by atoms with Gasteiger partial charge in [-0.15, -0.1) is 0 Å². The molecule has 1 aromatic carbocycles. The third-order valence-corrected chi connectivity index (χ3v) is 5.30. The Kier molecular flexibility index (Phi) is 4.61. The third-order valence-electron chi connectivity index (χ3n) is 4.00. The van der Waals surface area contributed by atoms with Gasteiger partial charge in [0.25, 0.3) is 0 Å². The van der Waals surface area contributed by atoms with Crippen LogP contribution in [0.3, 0.4) is 0 Å². The lowest BCUT2D eigenvalue weighted by molar-refractivity contribution is 0.0981. The van der Waals surface area contributed by atoms with Gasteiger partial charge in [0.2, 0.25) is 0 Å². The number of ketones is 1. The number of Topliss-reactive ketones (excluding diaryl/α,β-unsaturated/α-hetero) is 1. The second kappa shape index (κ2) is 7.05. The van der Waals surface area contributed by atoms with Crippen molar-refractivity contribution in [1.29, 1.82) is 0 Å². The Bertz CT molecular complexity index is 1010. The van der Waals surface area contributed by atoms with E-state index in [2.05, 4.69) is 15.0 Å². The highest BCUT2D eigenvalue weighted by Gasteiger charge is 2.22. The maximum atomic E-state index is 12.3. The molecule has 0 aliphatic carbocycles. The molecule has 2 aromatic heterocycles. The zero-order valence-corrected chi connectivity index (χ0v) is 15.6. The van der Waals surface area contributed by atoms with Crippen molar-refractivity contribution in [1.82, 2.24) is 15.0 Å². The Labute approximate surface area is 159 Å². The van der Waals surface area contributed by atoms with Crippen LogP contribution in [0.1, 0.15) is 41.5 Å². The van der Waals surface area contributed by atoms with Crippen LogP contribution in [0.15, 0.2) is 57.8 Å². The molecule has 5 nitrogen and oxygen atoms in total. The lowest BCUT2D eigenvalue weighted by atomic mass is 10.1. The Morgan fingerprint density at radius 2 is 2.12 bits per heavy atom. The first-order chi connectivity index (χ1) is 12.7. The molecular weight excluding hydrogens is 368 g/mol. The van der Waals surface area contributed by atoms with Crippen LogP contribution in [-0.4, -0.2) is 26.4 Å². The second-order valence-electron chi connectivity index (χ2n) is 5.86. The maximum Gasteiger partial charge on any atom is 0.162 e. The first-order valence-corrected chi connectivity index (χ1v) is 9.44. The Hall–Kier alpha value is -2.44. The largest absolute Gasteiger partial charge is 0.339 e. The number of carbonyl (C=O) groups is 1. The Morgan fingerprint density at radius 3 is 2.88 bits per heavy atom. The van der Waals surface area contributed by atoms with Crippen molar-refractivity contribution in [2.75, 3.05) is 0 Å². The van der Waals surface area contributed by atoms with Gasteiger partial charge in [0, 0.05) is 23.1 Å². The molecule has 3 aromatic rings. The SMILES string of the molecule is CCCC(=O)c1ccc2c(c1)N=C(c1ccc(Cl)cn1)c1nc[nH]c1S2. The summed E-state index contributed by atoms with van der Waals surface area (Å²) in [5.74, 6) is 0.127. The lowest BCUT2D eigenvalue weighted by Gasteiger charge is -2.06. The van der Waals surface area contributed by atoms with Crippen LogP contribution in [0.2, 0.25) is 5.02 Å². The molecule has 0 amide bonds. The molecule has 26 heavy (non-hydrogen) atoms. The molecule has 0 atom stereocenters.